The van der Waals surface area contributed by atoms with Crippen LogP contribution in [0, 0.1) is 13.8 Å². The van der Waals surface area contributed by atoms with Crippen molar-refractivity contribution >= 4 is 0 Å². The maximum absolute atomic E-state index is 6.31. The summed E-state index contributed by atoms with van der Waals surface area (Å²) < 4.78 is 0. The fourth-order valence-electron chi connectivity index (χ4n) is 2.75. The van der Waals surface area contributed by atoms with Gasteiger partial charge in [-0.15, -0.1) is 0 Å². The summed E-state index contributed by atoms with van der Waals surface area (Å²) in [4.78, 5) is 0. The second-order valence-electron chi connectivity index (χ2n) is 5.71. The van der Waals surface area contributed by atoms with Crippen molar-refractivity contribution in [2.24, 2.45) is 5.73 Å². The van der Waals surface area contributed by atoms with Crippen LogP contribution in [-0.4, -0.2) is 6.04 Å². The molecular weight excluding hydrogens is 242 g/mol. The Morgan fingerprint density at radius 3 is 2.20 bits per heavy atom. The largest absolute Gasteiger partial charge is 0.327 e. The molecule has 1 nitrogen and oxygen atoms in total. The fourth-order valence-corrected chi connectivity index (χ4v) is 2.75. The SMILES string of the molecule is Cc1cccc(C)c1CC(N)CCCc1ccccc1. The molecule has 2 N–H and O–H groups in total. The number of rotatable bonds is 6. The molecule has 1 atom stereocenters. The maximum Gasteiger partial charge on any atom is 0.00796 e. The molecule has 2 aromatic rings. The Balaban J connectivity index is 1.82. The van der Waals surface area contributed by atoms with Gasteiger partial charge in [-0.3, -0.25) is 0 Å². The number of hydrogen-bond acceptors (Lipinski definition) is 1. The topological polar surface area (TPSA) is 26.0 Å². The predicted molar refractivity (Wildman–Crippen MR) is 87.0 cm³/mol. The second kappa shape index (κ2) is 7.25. The van der Waals surface area contributed by atoms with E-state index in [1.54, 1.807) is 0 Å². The van der Waals surface area contributed by atoms with Crippen molar-refractivity contribution in [1.82, 2.24) is 0 Å². The monoisotopic (exact) mass is 267 g/mol. The minimum Gasteiger partial charge on any atom is -0.327 e. The highest BCUT2D eigenvalue weighted by molar-refractivity contribution is 5.34. The highest BCUT2D eigenvalue weighted by Crippen LogP contribution is 2.16. The maximum atomic E-state index is 6.31. The van der Waals surface area contributed by atoms with Crippen LogP contribution < -0.4 is 5.73 Å². The zero-order valence-corrected chi connectivity index (χ0v) is 12.6. The van der Waals surface area contributed by atoms with E-state index in [2.05, 4.69) is 62.4 Å². The van der Waals surface area contributed by atoms with Crippen LogP contribution in [0.4, 0.5) is 0 Å². The van der Waals surface area contributed by atoms with Crippen molar-refractivity contribution in [2.45, 2.75) is 45.6 Å². The fraction of sp³-hybridized carbons (Fsp3) is 0.368. The predicted octanol–water partition coefficient (Wildman–Crippen LogP) is 4.20. The van der Waals surface area contributed by atoms with Crippen molar-refractivity contribution in [3.05, 3.63) is 70.8 Å². The molecule has 0 aliphatic rings. The molecule has 0 saturated carbocycles. The molecule has 2 rings (SSSR count). The minimum absolute atomic E-state index is 0.263. The van der Waals surface area contributed by atoms with Crippen molar-refractivity contribution in [1.29, 1.82) is 0 Å². The highest BCUT2D eigenvalue weighted by atomic mass is 14.6. The van der Waals surface area contributed by atoms with Crippen LogP contribution in [0.15, 0.2) is 48.5 Å². The Morgan fingerprint density at radius 1 is 0.900 bits per heavy atom. The first-order valence-corrected chi connectivity index (χ1v) is 7.51. The summed E-state index contributed by atoms with van der Waals surface area (Å²) in [5.41, 5.74) is 11.9. The Kier molecular flexibility index (Phi) is 5.37. The molecule has 106 valence electrons. The van der Waals surface area contributed by atoms with Gasteiger partial charge < -0.3 is 5.73 Å². The molecule has 0 heterocycles. The van der Waals surface area contributed by atoms with Gasteiger partial charge in [0.25, 0.3) is 0 Å². The van der Waals surface area contributed by atoms with Crippen LogP contribution in [0.25, 0.3) is 0 Å². The molecule has 0 radical (unpaired) electrons. The lowest BCUT2D eigenvalue weighted by molar-refractivity contribution is 0.578. The summed E-state index contributed by atoms with van der Waals surface area (Å²) in [5.74, 6) is 0. The molecule has 2 aromatic carbocycles. The van der Waals surface area contributed by atoms with Crippen LogP contribution in [0.2, 0.25) is 0 Å². The van der Waals surface area contributed by atoms with Crippen LogP contribution in [0.5, 0.6) is 0 Å². The molecule has 0 spiro atoms. The van der Waals surface area contributed by atoms with Crippen molar-refractivity contribution in [3.63, 3.8) is 0 Å². The lowest BCUT2D eigenvalue weighted by atomic mass is 9.94. The number of benzene rings is 2. The number of hydrogen-bond donors (Lipinski definition) is 1. The van der Waals surface area contributed by atoms with Gasteiger partial charge in [0.15, 0.2) is 0 Å². The molecule has 20 heavy (non-hydrogen) atoms. The first kappa shape index (κ1) is 14.8. The minimum atomic E-state index is 0.263. The van der Waals surface area contributed by atoms with Gasteiger partial charge in [0, 0.05) is 6.04 Å². The van der Waals surface area contributed by atoms with Gasteiger partial charge in [0.2, 0.25) is 0 Å². The van der Waals surface area contributed by atoms with E-state index >= 15 is 0 Å². The smallest absolute Gasteiger partial charge is 0.00796 e. The molecule has 0 saturated heterocycles. The van der Waals surface area contributed by atoms with Crippen molar-refractivity contribution in [2.75, 3.05) is 0 Å². The molecular formula is C19H25N. The summed E-state index contributed by atoms with van der Waals surface area (Å²) in [6.45, 7) is 4.36. The van der Waals surface area contributed by atoms with Crippen LogP contribution in [-0.2, 0) is 12.8 Å². The quantitative estimate of drug-likeness (QED) is 0.834. The summed E-state index contributed by atoms with van der Waals surface area (Å²) in [6.07, 6.45) is 4.37. The van der Waals surface area contributed by atoms with Gasteiger partial charge in [0.1, 0.15) is 0 Å². The summed E-state index contributed by atoms with van der Waals surface area (Å²) >= 11 is 0. The van der Waals surface area contributed by atoms with Crippen molar-refractivity contribution in [3.8, 4) is 0 Å². The third-order valence-electron chi connectivity index (χ3n) is 3.99. The van der Waals surface area contributed by atoms with Crippen molar-refractivity contribution < 1.29 is 0 Å². The van der Waals surface area contributed by atoms with Gasteiger partial charge >= 0.3 is 0 Å². The molecule has 0 aromatic heterocycles. The first-order chi connectivity index (χ1) is 9.66. The highest BCUT2D eigenvalue weighted by Gasteiger charge is 2.08. The molecule has 0 fully saturated rings. The number of aryl methyl sites for hydroxylation is 3. The van der Waals surface area contributed by atoms with Gasteiger partial charge in [-0.05, 0) is 61.8 Å². The summed E-state index contributed by atoms with van der Waals surface area (Å²) in [6, 6.07) is 17.4. The van der Waals surface area contributed by atoms with Gasteiger partial charge in [-0.2, -0.15) is 0 Å². The average molecular weight is 267 g/mol. The lowest BCUT2D eigenvalue weighted by Gasteiger charge is -2.15. The zero-order valence-electron chi connectivity index (χ0n) is 12.6. The van der Waals surface area contributed by atoms with Crippen LogP contribution in [0.3, 0.4) is 0 Å². The van der Waals surface area contributed by atoms with Crippen LogP contribution in [0.1, 0.15) is 35.1 Å². The van der Waals surface area contributed by atoms with Gasteiger partial charge in [-0.25, -0.2) is 0 Å². The molecule has 0 aliphatic heterocycles. The van der Waals surface area contributed by atoms with Crippen LogP contribution >= 0.6 is 0 Å². The first-order valence-electron chi connectivity index (χ1n) is 7.51. The molecule has 0 aliphatic carbocycles. The third kappa shape index (κ3) is 4.21. The molecule has 1 unspecified atom stereocenters. The zero-order chi connectivity index (χ0) is 14.4. The van der Waals surface area contributed by atoms with E-state index in [1.165, 1.54) is 22.3 Å². The molecule has 0 amide bonds. The second-order valence-corrected chi connectivity index (χ2v) is 5.71. The average Bonchev–Trinajstić information content (AvgIpc) is 2.44. The van der Waals surface area contributed by atoms with E-state index in [0.29, 0.717) is 0 Å². The standard InChI is InChI=1S/C19H25N/c1-15-8-6-9-16(2)19(15)14-18(20)13-7-12-17-10-4-3-5-11-17/h3-6,8-11,18H,7,12-14,20H2,1-2H3. The van der Waals surface area contributed by atoms with E-state index < -0.39 is 0 Å². The van der Waals surface area contributed by atoms with E-state index in [-0.39, 0.29) is 6.04 Å². The van der Waals surface area contributed by atoms with E-state index in [0.717, 1.165) is 25.7 Å². The Labute approximate surface area is 122 Å². The molecule has 1 heteroatoms. The Hall–Kier alpha value is -1.60. The van der Waals surface area contributed by atoms with E-state index in [4.69, 9.17) is 5.73 Å². The third-order valence-corrected chi connectivity index (χ3v) is 3.99. The molecule has 0 bridgehead atoms. The Bertz CT molecular complexity index is 510. The lowest BCUT2D eigenvalue weighted by Crippen LogP contribution is -2.23. The van der Waals surface area contributed by atoms with Gasteiger partial charge in [0.05, 0.1) is 0 Å². The summed E-state index contributed by atoms with van der Waals surface area (Å²) in [7, 11) is 0. The van der Waals surface area contributed by atoms with Gasteiger partial charge in [-0.1, -0.05) is 48.5 Å². The van der Waals surface area contributed by atoms with E-state index in [1.807, 2.05) is 0 Å². The van der Waals surface area contributed by atoms with E-state index in [9.17, 15) is 0 Å². The normalized spacial score (nSPS) is 12.3. The Morgan fingerprint density at radius 2 is 1.55 bits per heavy atom. The number of nitrogens with two attached hydrogens (primary N) is 1. The summed E-state index contributed by atoms with van der Waals surface area (Å²) in [5, 5.41) is 0.